The monoisotopic (exact) mass is 319 g/mol. The highest BCUT2D eigenvalue weighted by molar-refractivity contribution is 6.01. The molecule has 6 heteroatoms. The summed E-state index contributed by atoms with van der Waals surface area (Å²) < 4.78 is 13.0. The van der Waals surface area contributed by atoms with Crippen LogP contribution in [-0.4, -0.2) is 30.6 Å². The van der Waals surface area contributed by atoms with Crippen LogP contribution in [0.4, 0.5) is 14.9 Å². The molecule has 2 fully saturated rings. The summed E-state index contributed by atoms with van der Waals surface area (Å²) in [6.07, 6.45) is 6.10. The fourth-order valence-corrected chi connectivity index (χ4v) is 3.32. The SMILES string of the molecule is O=C(NC1CCCCC1)NC1CCN(c2ccc(F)cc2)C1=O. The highest BCUT2D eigenvalue weighted by Crippen LogP contribution is 2.22. The Kier molecular flexibility index (Phi) is 4.79. The molecule has 0 bridgehead atoms. The third kappa shape index (κ3) is 3.81. The molecule has 0 radical (unpaired) electrons. The fraction of sp³-hybridized carbons (Fsp3) is 0.529. The summed E-state index contributed by atoms with van der Waals surface area (Å²) >= 11 is 0. The van der Waals surface area contributed by atoms with E-state index in [9.17, 15) is 14.0 Å². The van der Waals surface area contributed by atoms with Gasteiger partial charge in [0.1, 0.15) is 11.9 Å². The number of carbonyl (C=O) groups is 2. The van der Waals surface area contributed by atoms with Crippen LogP contribution in [-0.2, 0) is 4.79 Å². The molecule has 23 heavy (non-hydrogen) atoms. The van der Waals surface area contributed by atoms with Crippen LogP contribution in [0, 0.1) is 5.82 Å². The lowest BCUT2D eigenvalue weighted by atomic mass is 9.96. The van der Waals surface area contributed by atoms with Crippen molar-refractivity contribution in [1.29, 1.82) is 0 Å². The molecule has 3 rings (SSSR count). The van der Waals surface area contributed by atoms with Crippen LogP contribution in [0.25, 0.3) is 0 Å². The molecule has 0 spiro atoms. The number of anilines is 1. The molecule has 1 aliphatic carbocycles. The predicted molar refractivity (Wildman–Crippen MR) is 85.7 cm³/mol. The molecule has 0 aromatic heterocycles. The molecule has 2 N–H and O–H groups in total. The summed E-state index contributed by atoms with van der Waals surface area (Å²) in [5.41, 5.74) is 0.661. The van der Waals surface area contributed by atoms with Crippen molar-refractivity contribution in [3.63, 3.8) is 0 Å². The summed E-state index contributed by atoms with van der Waals surface area (Å²) in [5, 5.41) is 5.73. The van der Waals surface area contributed by atoms with Crippen LogP contribution in [0.15, 0.2) is 24.3 Å². The van der Waals surface area contributed by atoms with Crippen LogP contribution in [0.2, 0.25) is 0 Å². The molecule has 1 aromatic carbocycles. The van der Waals surface area contributed by atoms with Gasteiger partial charge in [-0.15, -0.1) is 0 Å². The molecule has 1 atom stereocenters. The molecule has 1 saturated carbocycles. The van der Waals surface area contributed by atoms with Crippen LogP contribution >= 0.6 is 0 Å². The molecular formula is C17H22FN3O2. The van der Waals surface area contributed by atoms with Crippen molar-refractivity contribution in [3.8, 4) is 0 Å². The molecule has 124 valence electrons. The normalized spacial score (nSPS) is 22.2. The number of benzene rings is 1. The Labute approximate surface area is 135 Å². The van der Waals surface area contributed by atoms with E-state index in [1.54, 1.807) is 17.0 Å². The Morgan fingerprint density at radius 2 is 1.74 bits per heavy atom. The maximum atomic E-state index is 13.0. The first kappa shape index (κ1) is 15.8. The lowest BCUT2D eigenvalue weighted by Gasteiger charge is -2.24. The van der Waals surface area contributed by atoms with Crippen LogP contribution in [0.3, 0.4) is 0 Å². The van der Waals surface area contributed by atoms with E-state index in [-0.39, 0.29) is 23.8 Å². The molecule has 3 amide bonds. The first-order valence-corrected chi connectivity index (χ1v) is 8.27. The van der Waals surface area contributed by atoms with Crippen molar-refractivity contribution in [2.45, 2.75) is 50.6 Å². The van der Waals surface area contributed by atoms with Gasteiger partial charge in [-0.05, 0) is 43.5 Å². The van der Waals surface area contributed by atoms with E-state index in [0.717, 1.165) is 25.7 Å². The quantitative estimate of drug-likeness (QED) is 0.899. The Bertz CT molecular complexity index is 570. The minimum Gasteiger partial charge on any atom is -0.335 e. The van der Waals surface area contributed by atoms with E-state index in [1.807, 2.05) is 0 Å². The van der Waals surface area contributed by atoms with Crippen molar-refractivity contribution in [1.82, 2.24) is 10.6 Å². The Morgan fingerprint density at radius 3 is 2.43 bits per heavy atom. The topological polar surface area (TPSA) is 61.4 Å². The van der Waals surface area contributed by atoms with Crippen molar-refractivity contribution < 1.29 is 14.0 Å². The van der Waals surface area contributed by atoms with Crippen molar-refractivity contribution in [3.05, 3.63) is 30.1 Å². The second kappa shape index (κ2) is 6.98. The lowest BCUT2D eigenvalue weighted by Crippen LogP contribution is -2.49. The van der Waals surface area contributed by atoms with E-state index in [4.69, 9.17) is 0 Å². The Hall–Kier alpha value is -2.11. The number of rotatable bonds is 3. The third-order valence-electron chi connectivity index (χ3n) is 4.59. The summed E-state index contributed by atoms with van der Waals surface area (Å²) in [4.78, 5) is 26.1. The maximum absolute atomic E-state index is 13.0. The minimum absolute atomic E-state index is 0.143. The minimum atomic E-state index is -0.511. The van der Waals surface area contributed by atoms with Gasteiger partial charge in [0.2, 0.25) is 5.91 Å². The second-order valence-electron chi connectivity index (χ2n) is 6.26. The molecule has 1 aromatic rings. The number of halogens is 1. The molecular weight excluding hydrogens is 297 g/mol. The van der Waals surface area contributed by atoms with Gasteiger partial charge in [0, 0.05) is 18.3 Å². The fourth-order valence-electron chi connectivity index (χ4n) is 3.32. The first-order chi connectivity index (χ1) is 11.1. The van der Waals surface area contributed by atoms with Gasteiger partial charge in [-0.25, -0.2) is 9.18 Å². The zero-order valence-corrected chi connectivity index (χ0v) is 13.1. The van der Waals surface area contributed by atoms with Crippen molar-refractivity contribution in [2.75, 3.05) is 11.4 Å². The van der Waals surface area contributed by atoms with E-state index in [2.05, 4.69) is 10.6 Å². The van der Waals surface area contributed by atoms with Gasteiger partial charge in [-0.2, -0.15) is 0 Å². The zero-order valence-electron chi connectivity index (χ0n) is 13.1. The van der Waals surface area contributed by atoms with Crippen LogP contribution in [0.1, 0.15) is 38.5 Å². The summed E-state index contributed by atoms with van der Waals surface area (Å²) in [5.74, 6) is -0.475. The number of carbonyl (C=O) groups excluding carboxylic acids is 2. The standard InChI is InChI=1S/C17H22FN3O2/c18-12-6-8-14(9-7-12)21-11-10-15(16(21)22)20-17(23)19-13-4-2-1-3-5-13/h6-9,13,15H,1-5,10-11H2,(H2,19,20,23). The first-order valence-electron chi connectivity index (χ1n) is 8.27. The third-order valence-corrected chi connectivity index (χ3v) is 4.59. The molecule has 1 aliphatic heterocycles. The molecule has 2 aliphatic rings. The highest BCUT2D eigenvalue weighted by Gasteiger charge is 2.33. The van der Waals surface area contributed by atoms with E-state index >= 15 is 0 Å². The van der Waals surface area contributed by atoms with E-state index in [0.29, 0.717) is 18.7 Å². The predicted octanol–water partition coefficient (Wildman–Crippen LogP) is 2.56. The summed E-state index contributed by atoms with van der Waals surface area (Å²) in [6, 6.07) is 5.27. The van der Waals surface area contributed by atoms with Crippen LogP contribution < -0.4 is 15.5 Å². The van der Waals surface area contributed by atoms with Gasteiger partial charge in [0.25, 0.3) is 0 Å². The second-order valence-corrected chi connectivity index (χ2v) is 6.26. The largest absolute Gasteiger partial charge is 0.335 e. The van der Waals surface area contributed by atoms with Gasteiger partial charge in [0.15, 0.2) is 0 Å². The van der Waals surface area contributed by atoms with Gasteiger partial charge < -0.3 is 15.5 Å². The number of hydrogen-bond acceptors (Lipinski definition) is 2. The number of nitrogens with zero attached hydrogens (tertiary/aromatic N) is 1. The molecule has 1 unspecified atom stereocenters. The number of nitrogens with one attached hydrogen (secondary N) is 2. The Balaban J connectivity index is 1.54. The van der Waals surface area contributed by atoms with Gasteiger partial charge in [-0.3, -0.25) is 4.79 Å². The van der Waals surface area contributed by atoms with Gasteiger partial charge in [0.05, 0.1) is 0 Å². The highest BCUT2D eigenvalue weighted by atomic mass is 19.1. The molecule has 1 saturated heterocycles. The molecule has 1 heterocycles. The van der Waals surface area contributed by atoms with E-state index < -0.39 is 6.04 Å². The Morgan fingerprint density at radius 1 is 1.04 bits per heavy atom. The number of amides is 3. The zero-order chi connectivity index (χ0) is 16.2. The average Bonchev–Trinajstić information content (AvgIpc) is 2.90. The lowest BCUT2D eigenvalue weighted by molar-refractivity contribution is -0.118. The van der Waals surface area contributed by atoms with E-state index in [1.165, 1.54) is 18.6 Å². The molecule has 5 nitrogen and oxygen atoms in total. The number of hydrogen-bond donors (Lipinski definition) is 2. The van der Waals surface area contributed by atoms with Crippen LogP contribution in [0.5, 0.6) is 0 Å². The summed E-state index contributed by atoms with van der Waals surface area (Å²) in [6.45, 7) is 0.527. The smallest absolute Gasteiger partial charge is 0.315 e. The average molecular weight is 319 g/mol. The van der Waals surface area contributed by atoms with Crippen molar-refractivity contribution >= 4 is 17.6 Å². The van der Waals surface area contributed by atoms with Crippen molar-refractivity contribution in [2.24, 2.45) is 0 Å². The number of urea groups is 1. The van der Waals surface area contributed by atoms with Gasteiger partial charge in [-0.1, -0.05) is 19.3 Å². The van der Waals surface area contributed by atoms with Gasteiger partial charge >= 0.3 is 6.03 Å². The summed E-state index contributed by atoms with van der Waals surface area (Å²) in [7, 11) is 0. The maximum Gasteiger partial charge on any atom is 0.315 e.